The van der Waals surface area contributed by atoms with Crippen molar-refractivity contribution in [1.82, 2.24) is 9.88 Å². The summed E-state index contributed by atoms with van der Waals surface area (Å²) < 4.78 is 0. The van der Waals surface area contributed by atoms with Gasteiger partial charge in [0.25, 0.3) is 0 Å². The Morgan fingerprint density at radius 1 is 1.44 bits per heavy atom. The van der Waals surface area contributed by atoms with Gasteiger partial charge in [-0.05, 0) is 19.8 Å². The van der Waals surface area contributed by atoms with Crippen LogP contribution in [0.1, 0.15) is 35.8 Å². The van der Waals surface area contributed by atoms with E-state index in [1.165, 1.54) is 9.88 Å². The van der Waals surface area contributed by atoms with Crippen molar-refractivity contribution in [2.45, 2.75) is 40.7 Å². The van der Waals surface area contributed by atoms with E-state index in [-0.39, 0.29) is 0 Å². The molecule has 18 heavy (non-hydrogen) atoms. The number of rotatable bonds is 7. The highest BCUT2D eigenvalue weighted by Gasteiger charge is 2.12. The van der Waals surface area contributed by atoms with Gasteiger partial charge in [-0.1, -0.05) is 26.1 Å². The van der Waals surface area contributed by atoms with Crippen LogP contribution in [0.2, 0.25) is 0 Å². The van der Waals surface area contributed by atoms with Crippen molar-refractivity contribution < 1.29 is 0 Å². The fraction of sp³-hybridized carbons (Fsp3) is 0.692. The van der Waals surface area contributed by atoms with E-state index < -0.39 is 0 Å². The largest absolute Gasteiger partial charge is 0.393 e. The Kier molecular flexibility index (Phi) is 6.18. The zero-order valence-corrected chi connectivity index (χ0v) is 13.3. The van der Waals surface area contributed by atoms with Crippen molar-refractivity contribution >= 4 is 28.5 Å². The van der Waals surface area contributed by atoms with Crippen LogP contribution in [-0.4, -0.2) is 28.0 Å². The number of hydrogen-bond acceptors (Lipinski definition) is 4. The zero-order valence-electron chi connectivity index (χ0n) is 11.7. The van der Waals surface area contributed by atoms with Gasteiger partial charge in [0, 0.05) is 24.4 Å². The molecule has 0 unspecified atom stereocenters. The predicted molar refractivity (Wildman–Crippen MR) is 83.1 cm³/mol. The Bertz CT molecular complexity index is 379. The number of aromatic nitrogens is 1. The summed E-state index contributed by atoms with van der Waals surface area (Å²) in [6.07, 6.45) is 0.783. The molecule has 3 nitrogen and oxygen atoms in total. The fourth-order valence-corrected chi connectivity index (χ4v) is 2.89. The van der Waals surface area contributed by atoms with E-state index >= 15 is 0 Å². The minimum atomic E-state index is 0.593. The first-order valence-corrected chi connectivity index (χ1v) is 7.54. The molecule has 0 atom stereocenters. The number of hydrogen-bond donors (Lipinski definition) is 1. The first-order chi connectivity index (χ1) is 8.38. The third-order valence-electron chi connectivity index (χ3n) is 2.73. The molecule has 1 heterocycles. The van der Waals surface area contributed by atoms with Crippen LogP contribution in [0.15, 0.2) is 0 Å². The molecule has 0 aliphatic carbocycles. The van der Waals surface area contributed by atoms with Crippen molar-refractivity contribution in [3.05, 3.63) is 15.6 Å². The topological polar surface area (TPSA) is 42.2 Å². The molecule has 0 spiro atoms. The summed E-state index contributed by atoms with van der Waals surface area (Å²) in [7, 11) is 0. The lowest BCUT2D eigenvalue weighted by atomic mass is 10.2. The molecule has 0 radical (unpaired) electrons. The lowest BCUT2D eigenvalue weighted by Gasteiger charge is -2.22. The molecular weight excluding hydrogens is 262 g/mol. The number of nitrogens with zero attached hydrogens (tertiary/aromatic N) is 2. The average molecular weight is 285 g/mol. The first-order valence-electron chi connectivity index (χ1n) is 6.32. The number of nitrogens with two attached hydrogens (primary N) is 1. The summed E-state index contributed by atoms with van der Waals surface area (Å²) in [6.45, 7) is 11.5. The molecule has 0 fully saturated rings. The van der Waals surface area contributed by atoms with Gasteiger partial charge >= 0.3 is 0 Å². The second kappa shape index (κ2) is 7.16. The van der Waals surface area contributed by atoms with Gasteiger partial charge < -0.3 is 5.73 Å². The van der Waals surface area contributed by atoms with Gasteiger partial charge in [-0.25, -0.2) is 4.98 Å². The van der Waals surface area contributed by atoms with Gasteiger partial charge in [0.2, 0.25) is 0 Å². The lowest BCUT2D eigenvalue weighted by Crippen LogP contribution is -2.30. The number of thiocarbonyl (C=S) groups is 1. The van der Waals surface area contributed by atoms with Gasteiger partial charge in [-0.15, -0.1) is 11.3 Å². The van der Waals surface area contributed by atoms with Crippen LogP contribution in [-0.2, 0) is 6.54 Å². The maximum atomic E-state index is 5.58. The molecule has 0 aromatic carbocycles. The summed E-state index contributed by atoms with van der Waals surface area (Å²) in [5.74, 6) is 0.638. The summed E-state index contributed by atoms with van der Waals surface area (Å²) in [5.41, 5.74) is 6.73. The predicted octanol–water partition coefficient (Wildman–Crippen LogP) is 2.89. The second-order valence-corrected chi connectivity index (χ2v) is 6.91. The van der Waals surface area contributed by atoms with Gasteiger partial charge in [0.1, 0.15) is 5.01 Å². The summed E-state index contributed by atoms with van der Waals surface area (Å²) >= 11 is 6.74. The van der Waals surface area contributed by atoms with Gasteiger partial charge in [-0.2, -0.15) is 0 Å². The van der Waals surface area contributed by atoms with Crippen molar-refractivity contribution in [3.8, 4) is 0 Å². The Balaban J connectivity index is 2.62. The molecule has 0 aliphatic heterocycles. The van der Waals surface area contributed by atoms with Gasteiger partial charge in [0.15, 0.2) is 0 Å². The molecule has 1 aromatic heterocycles. The maximum absolute atomic E-state index is 5.58. The van der Waals surface area contributed by atoms with Crippen LogP contribution in [0.3, 0.4) is 0 Å². The number of thiazole rings is 1. The minimum absolute atomic E-state index is 0.593. The lowest BCUT2D eigenvalue weighted by molar-refractivity contribution is 0.242. The Morgan fingerprint density at radius 3 is 2.56 bits per heavy atom. The van der Waals surface area contributed by atoms with Crippen molar-refractivity contribution in [2.24, 2.45) is 11.7 Å². The number of aryl methyl sites for hydroxylation is 2. The molecule has 102 valence electrons. The molecule has 0 saturated heterocycles. The van der Waals surface area contributed by atoms with Gasteiger partial charge in [0.05, 0.1) is 17.2 Å². The zero-order chi connectivity index (χ0) is 13.7. The van der Waals surface area contributed by atoms with E-state index in [2.05, 4.69) is 37.6 Å². The highest BCUT2D eigenvalue weighted by molar-refractivity contribution is 7.80. The Morgan fingerprint density at radius 2 is 2.11 bits per heavy atom. The molecule has 0 aliphatic rings. The molecule has 0 amide bonds. The fourth-order valence-electron chi connectivity index (χ4n) is 1.82. The second-order valence-electron chi connectivity index (χ2n) is 5.09. The van der Waals surface area contributed by atoms with Crippen LogP contribution < -0.4 is 5.73 Å². The first kappa shape index (κ1) is 15.5. The minimum Gasteiger partial charge on any atom is -0.393 e. The van der Waals surface area contributed by atoms with E-state index in [0.717, 1.165) is 31.7 Å². The van der Waals surface area contributed by atoms with Crippen molar-refractivity contribution in [2.75, 3.05) is 13.1 Å². The highest BCUT2D eigenvalue weighted by Crippen LogP contribution is 2.18. The van der Waals surface area contributed by atoms with E-state index in [9.17, 15) is 0 Å². The van der Waals surface area contributed by atoms with E-state index in [0.29, 0.717) is 10.9 Å². The third kappa shape index (κ3) is 5.42. The Hall–Kier alpha value is -0.520. The molecular formula is C13H23N3S2. The van der Waals surface area contributed by atoms with Crippen LogP contribution in [0.4, 0.5) is 0 Å². The van der Waals surface area contributed by atoms with E-state index in [1.54, 1.807) is 11.3 Å². The highest BCUT2D eigenvalue weighted by atomic mass is 32.1. The molecule has 1 rings (SSSR count). The molecule has 2 N–H and O–H groups in total. The summed E-state index contributed by atoms with van der Waals surface area (Å²) in [5, 5.41) is 1.19. The van der Waals surface area contributed by atoms with E-state index in [4.69, 9.17) is 18.0 Å². The van der Waals surface area contributed by atoms with Gasteiger partial charge in [-0.3, -0.25) is 4.90 Å². The SMILES string of the molecule is Cc1nc(CN(CCC(N)=S)CC(C)C)sc1C. The van der Waals surface area contributed by atoms with Crippen LogP contribution in [0.5, 0.6) is 0 Å². The van der Waals surface area contributed by atoms with Crippen molar-refractivity contribution in [1.29, 1.82) is 0 Å². The van der Waals surface area contributed by atoms with Crippen LogP contribution >= 0.6 is 23.6 Å². The van der Waals surface area contributed by atoms with E-state index in [1.807, 2.05) is 0 Å². The summed E-state index contributed by atoms with van der Waals surface area (Å²) in [6, 6.07) is 0. The quantitative estimate of drug-likeness (QED) is 0.782. The molecule has 1 aromatic rings. The van der Waals surface area contributed by atoms with Crippen LogP contribution in [0.25, 0.3) is 0 Å². The van der Waals surface area contributed by atoms with Crippen LogP contribution in [0, 0.1) is 19.8 Å². The normalized spacial score (nSPS) is 11.4. The molecule has 5 heteroatoms. The molecule has 0 bridgehead atoms. The average Bonchev–Trinajstić information content (AvgIpc) is 2.54. The standard InChI is InChI=1S/C13H23N3S2/c1-9(2)7-16(6-5-12(14)17)8-13-15-10(3)11(4)18-13/h9H,5-8H2,1-4H3,(H2,14,17). The summed E-state index contributed by atoms with van der Waals surface area (Å²) in [4.78, 5) is 8.89. The maximum Gasteiger partial charge on any atom is 0.107 e. The molecule has 0 saturated carbocycles. The third-order valence-corrected chi connectivity index (χ3v) is 3.99. The smallest absolute Gasteiger partial charge is 0.107 e. The monoisotopic (exact) mass is 285 g/mol. The Labute approximate surface area is 119 Å². The van der Waals surface area contributed by atoms with Crippen molar-refractivity contribution in [3.63, 3.8) is 0 Å².